The van der Waals surface area contributed by atoms with Crippen LogP contribution in [0.15, 0.2) is 77.8 Å². The standard InChI is InChI=1S/C23H20FN3S2/c1-3-13-27-22(19-15-28-16(2)21(19)17-9-5-4-6-10-17)25-26-23(27)29-14-18-11-7-8-12-20(18)24/h3-12,15H,1,13-14H2,2H3. The predicted molar refractivity (Wildman–Crippen MR) is 120 cm³/mol. The molecule has 0 fully saturated rings. The summed E-state index contributed by atoms with van der Waals surface area (Å²) in [6.07, 6.45) is 1.83. The lowest BCUT2D eigenvalue weighted by Gasteiger charge is -2.10. The van der Waals surface area contributed by atoms with Crippen molar-refractivity contribution in [2.45, 2.75) is 24.4 Å². The van der Waals surface area contributed by atoms with Gasteiger partial charge in [0.05, 0.1) is 0 Å². The number of benzene rings is 2. The molecule has 0 bridgehead atoms. The quantitative estimate of drug-likeness (QED) is 0.249. The average molecular weight is 422 g/mol. The van der Waals surface area contributed by atoms with Crippen molar-refractivity contribution < 1.29 is 4.39 Å². The Bertz CT molecular complexity index is 1130. The molecule has 4 aromatic rings. The van der Waals surface area contributed by atoms with Crippen LogP contribution in [0.2, 0.25) is 0 Å². The first-order chi connectivity index (χ1) is 14.2. The van der Waals surface area contributed by atoms with Gasteiger partial charge in [-0.1, -0.05) is 66.4 Å². The molecule has 0 saturated carbocycles. The second-order valence-corrected chi connectivity index (χ2v) is 8.56. The van der Waals surface area contributed by atoms with Crippen molar-refractivity contribution in [3.63, 3.8) is 0 Å². The van der Waals surface area contributed by atoms with Gasteiger partial charge in [-0.15, -0.1) is 28.1 Å². The lowest BCUT2D eigenvalue weighted by atomic mass is 10.0. The molecule has 0 aliphatic rings. The summed E-state index contributed by atoms with van der Waals surface area (Å²) in [6, 6.07) is 17.2. The van der Waals surface area contributed by atoms with Crippen molar-refractivity contribution in [1.82, 2.24) is 14.8 Å². The fraction of sp³-hybridized carbons (Fsp3) is 0.130. The van der Waals surface area contributed by atoms with Crippen molar-refractivity contribution in [1.29, 1.82) is 0 Å². The highest BCUT2D eigenvalue weighted by Crippen LogP contribution is 2.39. The molecule has 0 atom stereocenters. The summed E-state index contributed by atoms with van der Waals surface area (Å²) in [5, 5.41) is 11.8. The van der Waals surface area contributed by atoms with E-state index in [4.69, 9.17) is 0 Å². The molecule has 0 aliphatic heterocycles. The molecule has 29 heavy (non-hydrogen) atoms. The van der Waals surface area contributed by atoms with E-state index in [9.17, 15) is 4.39 Å². The summed E-state index contributed by atoms with van der Waals surface area (Å²) >= 11 is 3.19. The zero-order valence-corrected chi connectivity index (χ0v) is 17.6. The summed E-state index contributed by atoms with van der Waals surface area (Å²) in [4.78, 5) is 1.24. The Labute approximate surface area is 177 Å². The Balaban J connectivity index is 1.71. The second-order valence-electron chi connectivity index (χ2n) is 6.53. The van der Waals surface area contributed by atoms with Gasteiger partial charge in [0.15, 0.2) is 11.0 Å². The van der Waals surface area contributed by atoms with Crippen LogP contribution in [0.25, 0.3) is 22.5 Å². The van der Waals surface area contributed by atoms with Crippen LogP contribution in [0.3, 0.4) is 0 Å². The Morgan fingerprint density at radius 1 is 1.10 bits per heavy atom. The minimum atomic E-state index is -0.199. The maximum atomic E-state index is 14.0. The molecule has 0 spiro atoms. The Kier molecular flexibility index (Phi) is 5.92. The highest BCUT2D eigenvalue weighted by molar-refractivity contribution is 7.98. The highest BCUT2D eigenvalue weighted by atomic mass is 32.2. The van der Waals surface area contributed by atoms with Gasteiger partial charge >= 0.3 is 0 Å². The molecule has 0 amide bonds. The number of hydrogen-bond donors (Lipinski definition) is 0. The van der Waals surface area contributed by atoms with Gasteiger partial charge in [0.25, 0.3) is 0 Å². The maximum Gasteiger partial charge on any atom is 0.192 e. The summed E-state index contributed by atoms with van der Waals surface area (Å²) in [5.41, 5.74) is 4.06. The molecule has 146 valence electrons. The molecule has 3 nitrogen and oxygen atoms in total. The zero-order valence-electron chi connectivity index (χ0n) is 16.0. The number of allylic oxidation sites excluding steroid dienone is 1. The van der Waals surface area contributed by atoms with Gasteiger partial charge < -0.3 is 0 Å². The molecule has 2 aromatic carbocycles. The monoisotopic (exact) mass is 421 g/mol. The van der Waals surface area contributed by atoms with Gasteiger partial charge in [-0.2, -0.15) is 0 Å². The number of aromatic nitrogens is 3. The van der Waals surface area contributed by atoms with Crippen LogP contribution in [0.4, 0.5) is 4.39 Å². The molecule has 4 rings (SSSR count). The number of nitrogens with zero attached hydrogens (tertiary/aromatic N) is 3. The number of thiophene rings is 1. The van der Waals surface area contributed by atoms with E-state index in [0.29, 0.717) is 17.9 Å². The molecular formula is C23H20FN3S2. The Morgan fingerprint density at radius 2 is 1.86 bits per heavy atom. The van der Waals surface area contributed by atoms with Crippen molar-refractivity contribution in [3.8, 4) is 22.5 Å². The number of halogens is 1. The van der Waals surface area contributed by atoms with E-state index < -0.39 is 0 Å². The van der Waals surface area contributed by atoms with Gasteiger partial charge in [-0.05, 0) is 24.1 Å². The topological polar surface area (TPSA) is 30.7 Å². The molecule has 0 unspecified atom stereocenters. The van der Waals surface area contributed by atoms with Crippen LogP contribution in [-0.2, 0) is 12.3 Å². The van der Waals surface area contributed by atoms with E-state index in [2.05, 4.69) is 41.2 Å². The lowest BCUT2D eigenvalue weighted by molar-refractivity contribution is 0.617. The highest BCUT2D eigenvalue weighted by Gasteiger charge is 2.20. The van der Waals surface area contributed by atoms with E-state index >= 15 is 0 Å². The van der Waals surface area contributed by atoms with Crippen LogP contribution in [0.1, 0.15) is 10.4 Å². The van der Waals surface area contributed by atoms with Crippen LogP contribution < -0.4 is 0 Å². The van der Waals surface area contributed by atoms with Crippen molar-refractivity contribution >= 4 is 23.1 Å². The van der Waals surface area contributed by atoms with Crippen LogP contribution in [0.5, 0.6) is 0 Å². The smallest absolute Gasteiger partial charge is 0.192 e. The normalized spacial score (nSPS) is 11.0. The van der Waals surface area contributed by atoms with Crippen LogP contribution >= 0.6 is 23.1 Å². The number of thioether (sulfide) groups is 1. The number of rotatable bonds is 7. The third-order valence-electron chi connectivity index (χ3n) is 4.62. The van der Waals surface area contributed by atoms with Crippen LogP contribution in [0, 0.1) is 12.7 Å². The number of hydrogen-bond acceptors (Lipinski definition) is 4. The predicted octanol–water partition coefficient (Wildman–Crippen LogP) is 6.60. The fourth-order valence-electron chi connectivity index (χ4n) is 3.23. The lowest BCUT2D eigenvalue weighted by Crippen LogP contribution is -2.01. The van der Waals surface area contributed by atoms with Crippen LogP contribution in [-0.4, -0.2) is 14.8 Å². The van der Waals surface area contributed by atoms with E-state index in [1.165, 1.54) is 28.3 Å². The van der Waals surface area contributed by atoms with Gasteiger partial charge in [-0.25, -0.2) is 4.39 Å². The SMILES string of the molecule is C=CCn1c(SCc2ccccc2F)nnc1-c1csc(C)c1-c1ccccc1. The first-order valence-electron chi connectivity index (χ1n) is 9.23. The minimum Gasteiger partial charge on any atom is -0.298 e. The summed E-state index contributed by atoms with van der Waals surface area (Å²) in [5.74, 6) is 1.11. The first-order valence-corrected chi connectivity index (χ1v) is 11.1. The summed E-state index contributed by atoms with van der Waals surface area (Å²) < 4.78 is 16.0. The Hall–Kier alpha value is -2.70. The number of aryl methyl sites for hydroxylation is 1. The molecule has 0 saturated heterocycles. The zero-order chi connectivity index (χ0) is 20.2. The second kappa shape index (κ2) is 8.76. The van der Waals surface area contributed by atoms with E-state index in [-0.39, 0.29) is 5.82 Å². The van der Waals surface area contributed by atoms with Crippen molar-refractivity contribution in [3.05, 3.63) is 88.9 Å². The van der Waals surface area contributed by atoms with E-state index in [0.717, 1.165) is 22.1 Å². The largest absolute Gasteiger partial charge is 0.298 e. The first kappa shape index (κ1) is 19.6. The molecule has 0 aliphatic carbocycles. The van der Waals surface area contributed by atoms with E-state index in [1.807, 2.05) is 34.9 Å². The summed E-state index contributed by atoms with van der Waals surface area (Å²) in [6.45, 7) is 6.60. The maximum absolute atomic E-state index is 14.0. The fourth-order valence-corrected chi connectivity index (χ4v) is 5.03. The van der Waals surface area contributed by atoms with Crippen molar-refractivity contribution in [2.24, 2.45) is 0 Å². The van der Waals surface area contributed by atoms with Crippen molar-refractivity contribution in [2.75, 3.05) is 0 Å². The molecular weight excluding hydrogens is 401 g/mol. The molecule has 0 N–H and O–H groups in total. The average Bonchev–Trinajstić information content (AvgIpc) is 3.31. The molecule has 2 heterocycles. The molecule has 0 radical (unpaired) electrons. The van der Waals surface area contributed by atoms with Gasteiger partial charge in [0, 0.05) is 33.7 Å². The summed E-state index contributed by atoms with van der Waals surface area (Å²) in [7, 11) is 0. The minimum absolute atomic E-state index is 0.199. The third kappa shape index (κ3) is 4.04. The van der Waals surface area contributed by atoms with E-state index in [1.54, 1.807) is 23.5 Å². The third-order valence-corrected chi connectivity index (χ3v) is 6.55. The molecule has 6 heteroatoms. The Morgan fingerprint density at radius 3 is 2.62 bits per heavy atom. The molecule has 2 aromatic heterocycles. The van der Waals surface area contributed by atoms with Gasteiger partial charge in [0.2, 0.25) is 0 Å². The van der Waals surface area contributed by atoms with Gasteiger partial charge in [0.1, 0.15) is 5.82 Å². The van der Waals surface area contributed by atoms with Gasteiger partial charge in [-0.3, -0.25) is 4.57 Å².